The van der Waals surface area contributed by atoms with Crippen LogP contribution in [-0.4, -0.2) is 50.1 Å². The van der Waals surface area contributed by atoms with Crippen molar-refractivity contribution in [3.05, 3.63) is 65.6 Å². The van der Waals surface area contributed by atoms with E-state index < -0.39 is 17.9 Å². The van der Waals surface area contributed by atoms with Crippen molar-refractivity contribution in [1.29, 1.82) is 0 Å². The molecule has 162 valence electrons. The van der Waals surface area contributed by atoms with Gasteiger partial charge in [0.1, 0.15) is 5.70 Å². The first-order valence-electron chi connectivity index (χ1n) is 8.94. The second-order valence-corrected chi connectivity index (χ2v) is 6.00. The molecule has 2 aromatic rings. The summed E-state index contributed by atoms with van der Waals surface area (Å²) < 4.78 is 14.0. The third-order valence-corrected chi connectivity index (χ3v) is 3.99. The molecule has 0 unspecified atom stereocenters. The number of amides is 1. The summed E-state index contributed by atoms with van der Waals surface area (Å²) in [4.78, 5) is 52.5. The lowest BCUT2D eigenvalue weighted by Gasteiger charge is -2.17. The third-order valence-electron chi connectivity index (χ3n) is 3.99. The van der Waals surface area contributed by atoms with Crippen LogP contribution in [0.4, 0.5) is 11.4 Å². The number of nitrogens with one attached hydrogen (secondary N) is 2. The van der Waals surface area contributed by atoms with Crippen LogP contribution in [0.3, 0.4) is 0 Å². The lowest BCUT2D eigenvalue weighted by molar-refractivity contribution is -0.138. The minimum atomic E-state index is -0.890. The van der Waals surface area contributed by atoms with E-state index in [9.17, 15) is 19.2 Å². The summed E-state index contributed by atoms with van der Waals surface area (Å²) in [6, 6.07) is 7.86. The molecule has 0 fully saturated rings. The van der Waals surface area contributed by atoms with Gasteiger partial charge >= 0.3 is 17.9 Å². The van der Waals surface area contributed by atoms with Crippen molar-refractivity contribution >= 4 is 35.2 Å². The number of carbonyl (C=O) groups excluding carboxylic acids is 4. The summed E-state index contributed by atoms with van der Waals surface area (Å²) in [7, 11) is 3.45. The third kappa shape index (κ3) is 6.39. The lowest BCUT2D eigenvalue weighted by atomic mass is 10.1. The first kappa shape index (κ1) is 23.1. The highest BCUT2D eigenvalue weighted by molar-refractivity contribution is 6.06. The Kier molecular flexibility index (Phi) is 8.26. The number of hydrogen-bond donors (Lipinski definition) is 2. The largest absolute Gasteiger partial charge is 0.466 e. The number of para-hydroxylation sites is 1. The topological polar surface area (TPSA) is 133 Å². The number of aromatic nitrogens is 1. The van der Waals surface area contributed by atoms with E-state index >= 15 is 0 Å². The van der Waals surface area contributed by atoms with E-state index in [0.717, 1.165) is 25.9 Å². The molecule has 31 heavy (non-hydrogen) atoms. The normalized spacial score (nSPS) is 10.6. The first-order valence-corrected chi connectivity index (χ1v) is 8.94. The second kappa shape index (κ2) is 11.1. The van der Waals surface area contributed by atoms with Gasteiger partial charge in [0, 0.05) is 12.4 Å². The Morgan fingerprint density at radius 1 is 0.935 bits per heavy atom. The van der Waals surface area contributed by atoms with Crippen LogP contribution < -0.4 is 10.6 Å². The molecule has 0 atom stereocenters. The van der Waals surface area contributed by atoms with Crippen molar-refractivity contribution in [2.75, 3.05) is 32.0 Å². The molecule has 0 aliphatic heterocycles. The SMILES string of the molecule is COC(=O)/C=C(/Nc1c(NC(=O)Cc2ccncc2)cccc1C(=O)OC)C(=O)OC. The van der Waals surface area contributed by atoms with E-state index in [2.05, 4.69) is 25.1 Å². The standard InChI is InChI=1S/C21H21N3O7/c1-29-18(26)12-16(21(28)31-3)24-19-14(20(27)30-2)5-4-6-15(19)23-17(25)11-13-7-9-22-10-8-13/h4-10,12,24H,11H2,1-3H3,(H,23,25)/b16-12+. The molecule has 0 aliphatic rings. The van der Waals surface area contributed by atoms with Crippen molar-refractivity contribution < 1.29 is 33.4 Å². The molecule has 0 saturated carbocycles. The summed E-state index contributed by atoms with van der Waals surface area (Å²) in [6.07, 6.45) is 4.04. The van der Waals surface area contributed by atoms with Gasteiger partial charge in [0.15, 0.2) is 0 Å². The number of rotatable bonds is 8. The van der Waals surface area contributed by atoms with Crippen LogP contribution in [0.15, 0.2) is 54.5 Å². The highest BCUT2D eigenvalue weighted by Gasteiger charge is 2.21. The number of methoxy groups -OCH3 is 3. The van der Waals surface area contributed by atoms with E-state index in [1.54, 1.807) is 24.5 Å². The van der Waals surface area contributed by atoms with Crippen LogP contribution >= 0.6 is 0 Å². The molecule has 2 rings (SSSR count). The van der Waals surface area contributed by atoms with Gasteiger partial charge in [-0.2, -0.15) is 0 Å². The fourth-order valence-corrected chi connectivity index (χ4v) is 2.52. The summed E-state index contributed by atoms with van der Waals surface area (Å²) in [5.74, 6) is -2.83. The quantitative estimate of drug-likeness (QED) is 0.367. The van der Waals surface area contributed by atoms with Gasteiger partial charge in [-0.3, -0.25) is 9.78 Å². The van der Waals surface area contributed by atoms with Gasteiger partial charge in [0.05, 0.1) is 50.8 Å². The van der Waals surface area contributed by atoms with Crippen molar-refractivity contribution in [2.24, 2.45) is 0 Å². The van der Waals surface area contributed by atoms with Crippen molar-refractivity contribution in [3.63, 3.8) is 0 Å². The van der Waals surface area contributed by atoms with Crippen molar-refractivity contribution in [3.8, 4) is 0 Å². The Morgan fingerprint density at radius 2 is 1.65 bits per heavy atom. The molecule has 0 radical (unpaired) electrons. The number of hydrogen-bond acceptors (Lipinski definition) is 9. The first-order chi connectivity index (χ1) is 14.9. The number of benzene rings is 1. The minimum absolute atomic E-state index is 0.0175. The second-order valence-electron chi connectivity index (χ2n) is 6.00. The van der Waals surface area contributed by atoms with E-state index in [4.69, 9.17) is 4.74 Å². The average Bonchev–Trinajstić information content (AvgIpc) is 2.78. The van der Waals surface area contributed by atoms with Crippen LogP contribution in [0.25, 0.3) is 0 Å². The maximum Gasteiger partial charge on any atom is 0.354 e. The zero-order valence-electron chi connectivity index (χ0n) is 17.1. The predicted molar refractivity (Wildman–Crippen MR) is 110 cm³/mol. The zero-order valence-corrected chi connectivity index (χ0v) is 17.1. The maximum absolute atomic E-state index is 12.5. The Balaban J connectivity index is 2.43. The van der Waals surface area contributed by atoms with Gasteiger partial charge in [0.25, 0.3) is 0 Å². The zero-order chi connectivity index (χ0) is 22.8. The van der Waals surface area contributed by atoms with Gasteiger partial charge < -0.3 is 24.8 Å². The van der Waals surface area contributed by atoms with E-state index in [1.165, 1.54) is 25.3 Å². The molecule has 1 heterocycles. The Hall–Kier alpha value is -4.21. The number of ether oxygens (including phenoxy) is 3. The van der Waals surface area contributed by atoms with Crippen LogP contribution in [0.2, 0.25) is 0 Å². The van der Waals surface area contributed by atoms with Crippen molar-refractivity contribution in [1.82, 2.24) is 4.98 Å². The summed E-state index contributed by atoms with van der Waals surface area (Å²) in [5.41, 5.74) is 0.658. The predicted octanol–water partition coefficient (Wildman–Crippen LogP) is 1.69. The summed E-state index contributed by atoms with van der Waals surface area (Å²) in [6.45, 7) is 0. The number of anilines is 2. The maximum atomic E-state index is 12.5. The lowest BCUT2D eigenvalue weighted by Crippen LogP contribution is -2.20. The molecule has 10 nitrogen and oxygen atoms in total. The van der Waals surface area contributed by atoms with E-state index in [0.29, 0.717) is 0 Å². The number of pyridine rings is 1. The Bertz CT molecular complexity index is 1000. The molecule has 2 N–H and O–H groups in total. The van der Waals surface area contributed by atoms with Gasteiger partial charge in [0.2, 0.25) is 5.91 Å². The minimum Gasteiger partial charge on any atom is -0.466 e. The Labute approximate surface area is 178 Å². The molecule has 1 aromatic carbocycles. The van der Waals surface area contributed by atoms with Gasteiger partial charge in [-0.1, -0.05) is 6.07 Å². The van der Waals surface area contributed by atoms with E-state index in [1.807, 2.05) is 0 Å². The van der Waals surface area contributed by atoms with Crippen LogP contribution in [-0.2, 0) is 35.0 Å². The number of esters is 3. The molecule has 10 heteroatoms. The molecular formula is C21H21N3O7. The highest BCUT2D eigenvalue weighted by Crippen LogP contribution is 2.29. The van der Waals surface area contributed by atoms with E-state index in [-0.39, 0.29) is 35.0 Å². The van der Waals surface area contributed by atoms with Crippen molar-refractivity contribution in [2.45, 2.75) is 6.42 Å². The molecule has 0 spiro atoms. The molecule has 1 aromatic heterocycles. The molecule has 0 saturated heterocycles. The average molecular weight is 427 g/mol. The number of nitrogens with zero attached hydrogens (tertiary/aromatic N) is 1. The summed E-state index contributed by atoms with van der Waals surface area (Å²) >= 11 is 0. The highest BCUT2D eigenvalue weighted by atomic mass is 16.5. The molecular weight excluding hydrogens is 406 g/mol. The van der Waals surface area contributed by atoms with Gasteiger partial charge in [-0.05, 0) is 29.8 Å². The van der Waals surface area contributed by atoms with Crippen LogP contribution in [0.1, 0.15) is 15.9 Å². The fraction of sp³-hybridized carbons (Fsp3) is 0.190. The fourth-order valence-electron chi connectivity index (χ4n) is 2.52. The Morgan fingerprint density at radius 3 is 2.26 bits per heavy atom. The summed E-state index contributed by atoms with van der Waals surface area (Å²) in [5, 5.41) is 5.36. The van der Waals surface area contributed by atoms with Gasteiger partial charge in [-0.15, -0.1) is 0 Å². The molecule has 1 amide bonds. The van der Waals surface area contributed by atoms with Crippen LogP contribution in [0.5, 0.6) is 0 Å². The van der Waals surface area contributed by atoms with Gasteiger partial charge in [-0.25, -0.2) is 14.4 Å². The smallest absolute Gasteiger partial charge is 0.354 e. The number of carbonyl (C=O) groups is 4. The molecule has 0 aliphatic carbocycles. The molecule has 0 bridgehead atoms. The monoisotopic (exact) mass is 427 g/mol. The van der Waals surface area contributed by atoms with Crippen LogP contribution in [0, 0.1) is 0 Å².